The van der Waals surface area contributed by atoms with Crippen molar-refractivity contribution in [3.8, 4) is 0 Å². The Hall–Kier alpha value is -1.56. The van der Waals surface area contributed by atoms with Crippen molar-refractivity contribution < 1.29 is 9.53 Å². The molecule has 0 aliphatic carbocycles. The summed E-state index contributed by atoms with van der Waals surface area (Å²) in [6.45, 7) is 0.354. The highest BCUT2D eigenvalue weighted by atomic mass is 35.5. The fourth-order valence-corrected chi connectivity index (χ4v) is 2.65. The average molecular weight is 323 g/mol. The lowest BCUT2D eigenvalue weighted by molar-refractivity contribution is -0.113. The molecule has 0 radical (unpaired) electrons. The van der Waals surface area contributed by atoms with Crippen molar-refractivity contribution in [2.45, 2.75) is 11.5 Å². The fourth-order valence-electron chi connectivity index (χ4n) is 1.74. The minimum absolute atomic E-state index is 0.0866. The summed E-state index contributed by atoms with van der Waals surface area (Å²) in [5, 5.41) is 3.45. The number of hydrogen-bond acceptors (Lipinski definition) is 4. The van der Waals surface area contributed by atoms with E-state index in [2.05, 4.69) is 10.3 Å². The van der Waals surface area contributed by atoms with Gasteiger partial charge in [-0.3, -0.25) is 9.78 Å². The van der Waals surface area contributed by atoms with E-state index in [1.807, 2.05) is 18.2 Å². The maximum Gasteiger partial charge on any atom is 0.234 e. The van der Waals surface area contributed by atoms with Gasteiger partial charge in [0.1, 0.15) is 0 Å². The Bertz CT molecular complexity index is 608. The smallest absolute Gasteiger partial charge is 0.234 e. The largest absolute Gasteiger partial charge is 0.380 e. The number of nitrogens with one attached hydrogen (secondary N) is 1. The van der Waals surface area contributed by atoms with Crippen LogP contribution in [0.25, 0.3) is 0 Å². The van der Waals surface area contributed by atoms with Gasteiger partial charge >= 0.3 is 0 Å². The number of nitrogens with zero attached hydrogens (tertiary/aromatic N) is 1. The topological polar surface area (TPSA) is 51.2 Å². The molecule has 0 aliphatic rings. The molecule has 0 atom stereocenters. The number of carbonyl (C=O) groups excluding carboxylic acids is 1. The van der Waals surface area contributed by atoms with E-state index in [1.165, 1.54) is 11.8 Å². The number of rotatable bonds is 6. The molecule has 0 fully saturated rings. The molecular formula is C15H15ClN2O2S. The third kappa shape index (κ3) is 4.74. The van der Waals surface area contributed by atoms with E-state index in [0.717, 1.165) is 10.5 Å². The second kappa shape index (κ2) is 8.02. The lowest BCUT2D eigenvalue weighted by atomic mass is 10.2. The summed E-state index contributed by atoms with van der Waals surface area (Å²) in [6.07, 6.45) is 3.40. The third-order valence-electron chi connectivity index (χ3n) is 2.70. The van der Waals surface area contributed by atoms with Crippen LogP contribution in [0, 0.1) is 0 Å². The zero-order chi connectivity index (χ0) is 15.1. The van der Waals surface area contributed by atoms with Crippen LogP contribution in [0.5, 0.6) is 0 Å². The molecule has 1 N–H and O–H groups in total. The number of aromatic nitrogens is 1. The zero-order valence-electron chi connectivity index (χ0n) is 11.5. The summed E-state index contributed by atoms with van der Waals surface area (Å²) in [5.41, 5.74) is 1.47. The monoisotopic (exact) mass is 322 g/mol. The molecule has 21 heavy (non-hydrogen) atoms. The quantitative estimate of drug-likeness (QED) is 0.825. The van der Waals surface area contributed by atoms with Crippen LogP contribution in [0.3, 0.4) is 0 Å². The number of ether oxygens (including phenoxy) is 1. The number of thioether (sulfide) groups is 1. The summed E-state index contributed by atoms with van der Waals surface area (Å²) in [7, 11) is 1.59. The molecule has 0 spiro atoms. The highest BCUT2D eigenvalue weighted by Gasteiger charge is 2.10. The van der Waals surface area contributed by atoms with Crippen molar-refractivity contribution in [3.05, 3.63) is 53.3 Å². The van der Waals surface area contributed by atoms with Gasteiger partial charge in [0.25, 0.3) is 0 Å². The number of benzene rings is 1. The molecule has 0 saturated heterocycles. The Morgan fingerprint density at radius 1 is 1.33 bits per heavy atom. The Morgan fingerprint density at radius 2 is 2.10 bits per heavy atom. The molecule has 110 valence electrons. The van der Waals surface area contributed by atoms with Crippen LogP contribution in [-0.4, -0.2) is 23.8 Å². The van der Waals surface area contributed by atoms with Crippen molar-refractivity contribution in [1.82, 2.24) is 4.98 Å². The maximum atomic E-state index is 12.0. The Labute approximate surface area is 132 Å². The molecule has 6 heteroatoms. The van der Waals surface area contributed by atoms with Crippen LogP contribution >= 0.6 is 23.4 Å². The van der Waals surface area contributed by atoms with E-state index in [4.69, 9.17) is 16.3 Å². The number of anilines is 1. The summed E-state index contributed by atoms with van der Waals surface area (Å²) < 4.78 is 5.11. The Morgan fingerprint density at radius 3 is 2.81 bits per heavy atom. The predicted octanol–water partition coefficient (Wildman–Crippen LogP) is 3.61. The van der Waals surface area contributed by atoms with Crippen molar-refractivity contribution in [2.24, 2.45) is 0 Å². The van der Waals surface area contributed by atoms with Crippen LogP contribution in [-0.2, 0) is 16.1 Å². The van der Waals surface area contributed by atoms with Crippen LogP contribution in [0.15, 0.2) is 47.6 Å². The molecule has 0 aliphatic heterocycles. The van der Waals surface area contributed by atoms with E-state index in [-0.39, 0.29) is 5.91 Å². The number of pyridine rings is 1. The predicted molar refractivity (Wildman–Crippen MR) is 85.8 cm³/mol. The van der Waals surface area contributed by atoms with E-state index < -0.39 is 0 Å². The molecule has 1 aromatic carbocycles. The van der Waals surface area contributed by atoms with Crippen LogP contribution in [0.1, 0.15) is 5.56 Å². The number of hydrogen-bond donors (Lipinski definition) is 1. The van der Waals surface area contributed by atoms with E-state index in [0.29, 0.717) is 23.1 Å². The normalized spacial score (nSPS) is 10.4. The first-order chi connectivity index (χ1) is 10.2. The van der Waals surface area contributed by atoms with Crippen molar-refractivity contribution in [3.63, 3.8) is 0 Å². The number of halogens is 1. The minimum Gasteiger partial charge on any atom is -0.380 e. The van der Waals surface area contributed by atoms with Gasteiger partial charge in [0, 0.05) is 40.7 Å². The molecular weight excluding hydrogens is 308 g/mol. The van der Waals surface area contributed by atoms with Crippen molar-refractivity contribution >= 4 is 35.0 Å². The summed E-state index contributed by atoms with van der Waals surface area (Å²) >= 11 is 7.58. The van der Waals surface area contributed by atoms with Gasteiger partial charge in [0.05, 0.1) is 12.4 Å². The van der Waals surface area contributed by atoms with E-state index in [9.17, 15) is 4.79 Å². The Kier molecular flexibility index (Phi) is 6.04. The Balaban J connectivity index is 1.98. The standard InChI is InChI=1S/C15H15ClN2O2S/c1-20-9-12-13(16)3-2-4-14(12)18-15(19)10-21-11-5-7-17-8-6-11/h2-8H,9-10H2,1H3,(H,18,19). The van der Waals surface area contributed by atoms with Crippen molar-refractivity contribution in [1.29, 1.82) is 0 Å². The molecule has 1 amide bonds. The molecule has 1 heterocycles. The van der Waals surface area contributed by atoms with Gasteiger partial charge in [0.15, 0.2) is 0 Å². The van der Waals surface area contributed by atoms with Gasteiger partial charge in [-0.25, -0.2) is 0 Å². The lowest BCUT2D eigenvalue weighted by Gasteiger charge is -2.12. The van der Waals surface area contributed by atoms with Crippen LogP contribution < -0.4 is 5.32 Å². The van der Waals surface area contributed by atoms with E-state index in [1.54, 1.807) is 31.6 Å². The number of amides is 1. The molecule has 0 bridgehead atoms. The number of methoxy groups -OCH3 is 1. The maximum absolute atomic E-state index is 12.0. The molecule has 0 unspecified atom stereocenters. The van der Waals surface area contributed by atoms with Gasteiger partial charge < -0.3 is 10.1 Å². The summed E-state index contributed by atoms with van der Waals surface area (Å²) in [6, 6.07) is 9.13. The second-order valence-electron chi connectivity index (χ2n) is 4.22. The van der Waals surface area contributed by atoms with Gasteiger partial charge in [-0.05, 0) is 24.3 Å². The minimum atomic E-state index is -0.0866. The van der Waals surface area contributed by atoms with Crippen LogP contribution in [0.2, 0.25) is 5.02 Å². The highest BCUT2D eigenvalue weighted by Crippen LogP contribution is 2.25. The molecule has 1 aromatic heterocycles. The molecule has 2 rings (SSSR count). The first kappa shape index (κ1) is 15.8. The fraction of sp³-hybridized carbons (Fsp3) is 0.200. The highest BCUT2D eigenvalue weighted by molar-refractivity contribution is 8.00. The lowest BCUT2D eigenvalue weighted by Crippen LogP contribution is -2.15. The summed E-state index contributed by atoms with van der Waals surface area (Å²) in [4.78, 5) is 17.0. The van der Waals surface area contributed by atoms with Crippen LogP contribution in [0.4, 0.5) is 5.69 Å². The van der Waals surface area contributed by atoms with Gasteiger partial charge in [0.2, 0.25) is 5.91 Å². The third-order valence-corrected chi connectivity index (χ3v) is 4.07. The zero-order valence-corrected chi connectivity index (χ0v) is 13.1. The SMILES string of the molecule is COCc1c(Cl)cccc1NC(=O)CSc1ccncc1. The van der Waals surface area contributed by atoms with Gasteiger partial charge in [-0.2, -0.15) is 0 Å². The second-order valence-corrected chi connectivity index (χ2v) is 5.67. The molecule has 4 nitrogen and oxygen atoms in total. The average Bonchev–Trinajstić information content (AvgIpc) is 2.50. The van der Waals surface area contributed by atoms with Crippen molar-refractivity contribution in [2.75, 3.05) is 18.2 Å². The first-order valence-corrected chi connectivity index (χ1v) is 7.66. The van der Waals surface area contributed by atoms with Gasteiger partial charge in [-0.15, -0.1) is 11.8 Å². The first-order valence-electron chi connectivity index (χ1n) is 6.29. The van der Waals surface area contributed by atoms with E-state index >= 15 is 0 Å². The molecule has 0 saturated carbocycles. The number of carbonyl (C=O) groups is 1. The molecule has 2 aromatic rings. The van der Waals surface area contributed by atoms with Gasteiger partial charge in [-0.1, -0.05) is 17.7 Å². The summed E-state index contributed by atoms with van der Waals surface area (Å²) in [5.74, 6) is 0.236.